The molecule has 3 saturated heterocycles. The van der Waals surface area contributed by atoms with E-state index in [1.54, 1.807) is 76.6 Å². The highest BCUT2D eigenvalue weighted by Gasteiger charge is 2.36. The largest absolute Gasteiger partial charge is 0.496 e. The Hall–Kier alpha value is -8.04. The summed E-state index contributed by atoms with van der Waals surface area (Å²) in [4.78, 5) is 68.6. The van der Waals surface area contributed by atoms with E-state index in [0.717, 1.165) is 134 Å². The number of nitrogens with zero attached hydrogens (tertiary/aromatic N) is 3. The maximum atomic E-state index is 13.0. The number of piperidine rings is 3. The van der Waals surface area contributed by atoms with Crippen LogP contribution < -0.4 is 35.3 Å². The van der Waals surface area contributed by atoms with E-state index in [2.05, 4.69) is 96.7 Å². The minimum absolute atomic E-state index is 0.0675. The summed E-state index contributed by atoms with van der Waals surface area (Å²) in [5.41, 5.74) is 5.98. The summed E-state index contributed by atoms with van der Waals surface area (Å²) in [6, 6.07) is 42.2. The predicted octanol–water partition coefficient (Wildman–Crippen LogP) is 21.8. The molecule has 1 atom stereocenters. The SMILES string of the molecule is CN1CCC(N)CC1.COc1cc2c(cc1Br)C/C(=C\c1ccc(SC)cc1)C2=O.COc1cc2c(cc1Br)CCC2=O.COc1cc2c(cc1NC1CCN(C)CC1)C/C(=C\c1ccc(SC(F)(F)F)cc1)C2=O.COc1cc2c(cc1NC1CCN(C)CC1)CC(Cc1ccc(SC(F)(F)F)cc1)C2=O.O=Cc1ccc(SC(F)(F)F)cc1. The van der Waals surface area contributed by atoms with Gasteiger partial charge in [-0.1, -0.05) is 48.5 Å². The number of carbonyl (C=O) groups excluding carboxylic acids is 5. The van der Waals surface area contributed by atoms with E-state index in [9.17, 15) is 63.5 Å². The zero-order chi connectivity index (χ0) is 86.8. The number of nitrogens with two attached hydrogens (primary N) is 1. The Labute approximate surface area is 727 Å². The fraction of sp³-hybridized carbons (Fsp3) is 0.367. The number of nitrogens with one attached hydrogen (secondary N) is 2. The van der Waals surface area contributed by atoms with Gasteiger partial charge in [0.05, 0.1) is 48.8 Å². The smallest absolute Gasteiger partial charge is 0.446 e. The summed E-state index contributed by atoms with van der Waals surface area (Å²) in [7, 11) is 12.8. The van der Waals surface area contributed by atoms with Crippen molar-refractivity contribution in [2.24, 2.45) is 11.7 Å². The third kappa shape index (κ3) is 27.5. The molecule has 4 N–H and O–H groups in total. The Kier molecular flexibility index (Phi) is 34.0. The van der Waals surface area contributed by atoms with E-state index >= 15 is 0 Å². The Morgan fingerprint density at radius 2 is 0.825 bits per heavy atom. The molecule has 8 aromatic carbocycles. The minimum Gasteiger partial charge on any atom is -0.496 e. The Bertz CT molecular complexity index is 4950. The lowest BCUT2D eigenvalue weighted by Crippen LogP contribution is -2.37. The number of ketones is 4. The number of hydrogen-bond donors (Lipinski definition) is 3. The standard InChI is InChI=1S/C24H27F3N2O2S.C24H25F3N2O2S.C18H15BrO2S.C10H9BrO2.C8H5F3OS.C6H14N2/c2*1-29-9-7-18(8-10-29)28-21-13-16-12-17(23(30)20(16)14-22(21)31-2)11-15-3-5-19(6-4-15)32-24(25,26)27;1-21-17-10-15-12(9-16(17)19)8-13(18(15)20)7-11-3-5-14(22-2)6-4-11;1-13-10-5-7-6(4-8(10)11)2-3-9(7)12;9-8(10,11)13-7-3-1-6(5-12)2-4-7;1-8-4-2-6(7)3-5-8/h3-6,13-14,17-18,28H,7-12H2,1-2H3;3-6,11,13-14,18,28H,7-10,12H2,1-2H3;3-7,9-10H,8H2,1-2H3;4-5H,2-3H2,1H3;1-5H;6H,2-5,7H2,1H3/b;17-11+;13-7+;;;. The van der Waals surface area contributed by atoms with Gasteiger partial charge in [-0.25, -0.2) is 0 Å². The van der Waals surface area contributed by atoms with E-state index in [-0.39, 0.29) is 79.0 Å². The maximum Gasteiger partial charge on any atom is 0.446 e. The van der Waals surface area contributed by atoms with Gasteiger partial charge in [0.25, 0.3) is 0 Å². The summed E-state index contributed by atoms with van der Waals surface area (Å²) >= 11 is 8.11. The highest BCUT2D eigenvalue weighted by molar-refractivity contribution is 9.11. The quantitative estimate of drug-likeness (QED) is 0.0338. The first kappa shape index (κ1) is 94.2. The van der Waals surface area contributed by atoms with Gasteiger partial charge in [0.2, 0.25) is 0 Å². The summed E-state index contributed by atoms with van der Waals surface area (Å²) < 4.78 is 134. The molecule has 30 heteroatoms. The number of aldehydes is 1. The van der Waals surface area contributed by atoms with Crippen LogP contribution in [0.4, 0.5) is 50.9 Å². The van der Waals surface area contributed by atoms with Gasteiger partial charge in [0.15, 0.2) is 23.1 Å². The number of hydrogen-bond acceptors (Lipinski definition) is 19. The average molecular weight is 1860 g/mol. The molecule has 0 spiro atoms. The van der Waals surface area contributed by atoms with Crippen LogP contribution in [-0.4, -0.2) is 174 Å². The summed E-state index contributed by atoms with van der Waals surface area (Å²) in [5.74, 6) is 2.84. The predicted molar refractivity (Wildman–Crippen MR) is 469 cm³/mol. The van der Waals surface area contributed by atoms with E-state index < -0.39 is 16.5 Å². The van der Waals surface area contributed by atoms with Gasteiger partial charge in [-0.3, -0.25) is 24.0 Å². The number of halogens is 11. The van der Waals surface area contributed by atoms with Gasteiger partial charge in [-0.2, -0.15) is 39.5 Å². The van der Waals surface area contributed by atoms with Gasteiger partial charge in [-0.15, -0.1) is 11.8 Å². The van der Waals surface area contributed by atoms with Crippen LogP contribution in [0.25, 0.3) is 12.2 Å². The number of benzene rings is 8. The van der Waals surface area contributed by atoms with Crippen LogP contribution in [0.2, 0.25) is 0 Å². The lowest BCUT2D eigenvalue weighted by atomic mass is 9.96. The second kappa shape index (κ2) is 43.3. The number of thioether (sulfide) groups is 4. The Morgan fingerprint density at radius 1 is 0.458 bits per heavy atom. The molecular weight excluding hydrogens is 1770 g/mol. The van der Waals surface area contributed by atoms with Crippen molar-refractivity contribution < 1.29 is 82.4 Å². The van der Waals surface area contributed by atoms with Crippen molar-refractivity contribution in [3.8, 4) is 23.0 Å². The van der Waals surface area contributed by atoms with Gasteiger partial charge >= 0.3 is 16.5 Å². The average Bonchev–Trinajstić information content (AvgIpc) is 1.65. The number of alkyl halides is 9. The first-order valence-electron chi connectivity index (χ1n) is 38.8. The third-order valence-electron chi connectivity index (χ3n) is 21.2. The highest BCUT2D eigenvalue weighted by Crippen LogP contribution is 2.44. The number of fused-ring (bicyclic) bond motifs is 4. The van der Waals surface area contributed by atoms with Gasteiger partial charge < -0.3 is 50.0 Å². The summed E-state index contributed by atoms with van der Waals surface area (Å²) in [5, 5.41) is 7.18. The number of carbonyl (C=O) groups is 5. The normalized spacial score (nSPS) is 17.6. The van der Waals surface area contributed by atoms with Crippen LogP contribution in [0.15, 0.2) is 185 Å². The maximum absolute atomic E-state index is 13.0. The van der Waals surface area contributed by atoms with Crippen molar-refractivity contribution in [1.82, 2.24) is 14.7 Å². The molecule has 0 saturated carbocycles. The van der Waals surface area contributed by atoms with Crippen LogP contribution in [0.5, 0.6) is 23.0 Å². The number of likely N-dealkylation sites (tertiary alicyclic amines) is 3. The molecule has 0 radical (unpaired) electrons. The van der Waals surface area contributed by atoms with Crippen molar-refractivity contribution in [2.75, 3.05) is 106 Å². The molecule has 1 unspecified atom stereocenters. The number of methoxy groups -OCH3 is 4. The Balaban J connectivity index is 0.000000160. The molecule has 15 rings (SSSR count). The minimum atomic E-state index is -4.32. The summed E-state index contributed by atoms with van der Waals surface area (Å²) in [6.45, 7) is 6.53. The molecule has 120 heavy (non-hydrogen) atoms. The van der Waals surface area contributed by atoms with E-state index in [1.807, 2.05) is 60.7 Å². The molecule has 3 heterocycles. The van der Waals surface area contributed by atoms with Gasteiger partial charge in [0.1, 0.15) is 29.3 Å². The van der Waals surface area contributed by atoms with Crippen LogP contribution in [-0.2, 0) is 32.1 Å². The number of ether oxygens (including phenoxy) is 4. The second-order valence-electron chi connectivity index (χ2n) is 29.9. The van der Waals surface area contributed by atoms with Crippen LogP contribution >= 0.6 is 78.9 Å². The van der Waals surface area contributed by atoms with Crippen LogP contribution in [0.1, 0.15) is 136 Å². The lowest BCUT2D eigenvalue weighted by Gasteiger charge is -2.30. The van der Waals surface area contributed by atoms with E-state index in [1.165, 1.54) is 79.4 Å². The number of rotatable bonds is 17. The molecule has 3 aliphatic heterocycles. The van der Waals surface area contributed by atoms with E-state index in [4.69, 9.17) is 24.7 Å². The van der Waals surface area contributed by atoms with Crippen LogP contribution in [0, 0.1) is 5.92 Å². The number of Topliss-reactive ketones (excluding diaryl/α,β-unsaturated/α-hetero) is 4. The van der Waals surface area contributed by atoms with Gasteiger partial charge in [0, 0.05) is 102 Å². The zero-order valence-corrected chi connectivity index (χ0v) is 73.9. The fourth-order valence-electron chi connectivity index (χ4n) is 14.7. The number of anilines is 2. The zero-order valence-electron chi connectivity index (χ0n) is 67.5. The molecule has 7 aliphatic rings. The molecule has 15 nitrogen and oxygen atoms in total. The molecule has 4 aliphatic carbocycles. The number of aryl methyl sites for hydroxylation is 1. The molecule has 0 bridgehead atoms. The van der Waals surface area contributed by atoms with Crippen molar-refractivity contribution in [2.45, 2.75) is 131 Å². The molecule has 0 aromatic heterocycles. The van der Waals surface area contributed by atoms with Gasteiger partial charge in [-0.05, 0) is 340 Å². The monoisotopic (exact) mass is 1860 g/mol. The third-order valence-corrected chi connectivity index (χ3v) is 25.4. The highest BCUT2D eigenvalue weighted by atomic mass is 79.9. The first-order valence-corrected chi connectivity index (χ1v) is 44.1. The van der Waals surface area contributed by atoms with Crippen molar-refractivity contribution in [1.29, 1.82) is 0 Å². The molecule has 8 aromatic rings. The Morgan fingerprint density at radius 3 is 1.23 bits per heavy atom. The molecule has 0 amide bonds. The molecule has 640 valence electrons. The second-order valence-corrected chi connectivity index (χ2v) is 35.9. The molecule has 3 fully saturated rings. The van der Waals surface area contributed by atoms with Crippen molar-refractivity contribution in [3.63, 3.8) is 0 Å². The first-order chi connectivity index (χ1) is 57.1. The lowest BCUT2D eigenvalue weighted by molar-refractivity contribution is -0.0337. The molecular formula is C90H95Br2F9N6O9S4. The number of allylic oxidation sites excluding steroid dienone is 2. The fourth-order valence-corrected chi connectivity index (χ4v) is 17.8. The van der Waals surface area contributed by atoms with E-state index in [0.29, 0.717) is 102 Å². The van der Waals surface area contributed by atoms with Crippen molar-refractivity contribution >= 4 is 132 Å². The van der Waals surface area contributed by atoms with Crippen LogP contribution in [0.3, 0.4) is 0 Å². The summed E-state index contributed by atoms with van der Waals surface area (Å²) in [6.07, 6.45) is 16.7. The topological polar surface area (TPSA) is 182 Å². The van der Waals surface area contributed by atoms with Crippen molar-refractivity contribution in [3.05, 3.63) is 232 Å².